The van der Waals surface area contributed by atoms with E-state index in [2.05, 4.69) is 4.90 Å². The van der Waals surface area contributed by atoms with E-state index < -0.39 is 5.97 Å². The molecule has 1 fully saturated rings. The smallest absolute Gasteiger partial charge is 0.308 e. The number of carboxylic acid groups (broad SMARTS) is 1. The van der Waals surface area contributed by atoms with Gasteiger partial charge in [0.2, 0.25) is 0 Å². The Hall–Kier alpha value is -1.22. The second kappa shape index (κ2) is 4.11. The van der Waals surface area contributed by atoms with Gasteiger partial charge in [-0.15, -0.1) is 0 Å². The zero-order valence-corrected chi connectivity index (χ0v) is 8.94. The molecule has 1 aliphatic rings. The number of rotatable bonds is 2. The molecule has 0 spiro atoms. The summed E-state index contributed by atoms with van der Waals surface area (Å²) in [6, 6.07) is 7.52. The lowest BCUT2D eigenvalue weighted by Gasteiger charge is -2.17. The molecule has 1 heterocycles. The molecule has 0 unspecified atom stereocenters. The fraction of sp³-hybridized carbons (Fsp3) is 0.364. The van der Waals surface area contributed by atoms with E-state index in [-0.39, 0.29) is 5.92 Å². The van der Waals surface area contributed by atoms with Crippen LogP contribution >= 0.6 is 11.6 Å². The normalized spacial score (nSPS) is 20.6. The fourth-order valence-corrected chi connectivity index (χ4v) is 2.05. The van der Waals surface area contributed by atoms with E-state index in [4.69, 9.17) is 16.7 Å². The first-order chi connectivity index (χ1) is 7.16. The zero-order valence-electron chi connectivity index (χ0n) is 8.19. The lowest BCUT2D eigenvalue weighted by Crippen LogP contribution is -2.22. The summed E-state index contributed by atoms with van der Waals surface area (Å²) in [4.78, 5) is 12.9. The van der Waals surface area contributed by atoms with Gasteiger partial charge in [-0.05, 0) is 24.6 Å². The number of hydrogen-bond donors (Lipinski definition) is 1. The van der Waals surface area contributed by atoms with Crippen LogP contribution in [-0.4, -0.2) is 24.2 Å². The van der Waals surface area contributed by atoms with Crippen molar-refractivity contribution in [2.24, 2.45) is 5.92 Å². The number of nitrogens with zero attached hydrogens (tertiary/aromatic N) is 1. The molecule has 3 nitrogen and oxygen atoms in total. The minimum atomic E-state index is -0.709. The Morgan fingerprint density at radius 2 is 2.33 bits per heavy atom. The Morgan fingerprint density at radius 1 is 1.53 bits per heavy atom. The molecule has 4 heteroatoms. The van der Waals surface area contributed by atoms with Crippen LogP contribution in [0.3, 0.4) is 0 Å². The first-order valence-electron chi connectivity index (χ1n) is 4.90. The molecular weight excluding hydrogens is 214 g/mol. The molecule has 0 aliphatic carbocycles. The molecule has 1 aromatic rings. The highest BCUT2D eigenvalue weighted by Gasteiger charge is 2.27. The van der Waals surface area contributed by atoms with Crippen molar-refractivity contribution in [3.8, 4) is 0 Å². The topological polar surface area (TPSA) is 40.5 Å². The minimum absolute atomic E-state index is 0.246. The molecule has 1 N–H and O–H groups in total. The third-order valence-electron chi connectivity index (χ3n) is 2.71. The molecule has 1 atom stereocenters. The van der Waals surface area contributed by atoms with Gasteiger partial charge in [0.15, 0.2) is 0 Å². The predicted octanol–water partition coefficient (Wildman–Crippen LogP) is 2.25. The molecule has 15 heavy (non-hydrogen) atoms. The maximum Gasteiger partial charge on any atom is 0.308 e. The lowest BCUT2D eigenvalue weighted by molar-refractivity contribution is -0.140. The molecule has 0 radical (unpaired) electrons. The average Bonchev–Trinajstić information content (AvgIpc) is 2.66. The number of benzene rings is 1. The summed E-state index contributed by atoms with van der Waals surface area (Å²) in [5.74, 6) is -0.955. The van der Waals surface area contributed by atoms with Crippen LogP contribution in [-0.2, 0) is 4.79 Å². The number of halogens is 1. The number of carbonyl (C=O) groups is 1. The molecule has 80 valence electrons. The molecule has 0 bridgehead atoms. The van der Waals surface area contributed by atoms with E-state index >= 15 is 0 Å². The quantitative estimate of drug-likeness (QED) is 0.839. The first-order valence-corrected chi connectivity index (χ1v) is 5.28. The Balaban J connectivity index is 2.11. The van der Waals surface area contributed by atoms with E-state index in [1.54, 1.807) is 0 Å². The van der Waals surface area contributed by atoms with Gasteiger partial charge >= 0.3 is 5.97 Å². The molecule has 1 saturated heterocycles. The predicted molar refractivity (Wildman–Crippen MR) is 59.4 cm³/mol. The minimum Gasteiger partial charge on any atom is -0.481 e. The van der Waals surface area contributed by atoms with Crippen LogP contribution < -0.4 is 4.90 Å². The Kier molecular flexibility index (Phi) is 2.82. The van der Waals surface area contributed by atoms with Gasteiger partial charge in [0.05, 0.1) is 5.92 Å². The Morgan fingerprint density at radius 3 is 2.93 bits per heavy atom. The summed E-state index contributed by atoms with van der Waals surface area (Å²) in [6.45, 7) is 1.37. The van der Waals surface area contributed by atoms with Crippen molar-refractivity contribution >= 4 is 23.3 Å². The molecule has 1 aromatic carbocycles. The highest BCUT2D eigenvalue weighted by molar-refractivity contribution is 6.30. The van der Waals surface area contributed by atoms with Crippen LogP contribution in [0.15, 0.2) is 24.3 Å². The van der Waals surface area contributed by atoms with Crippen LogP contribution in [0.1, 0.15) is 6.42 Å². The highest BCUT2D eigenvalue weighted by Crippen LogP contribution is 2.25. The molecule has 1 aliphatic heterocycles. The molecule has 0 aromatic heterocycles. The number of aliphatic carboxylic acids is 1. The summed E-state index contributed by atoms with van der Waals surface area (Å²) in [5, 5.41) is 9.57. The van der Waals surface area contributed by atoms with Crippen LogP contribution in [0.5, 0.6) is 0 Å². The van der Waals surface area contributed by atoms with E-state index in [9.17, 15) is 4.79 Å². The maximum absolute atomic E-state index is 10.8. The summed E-state index contributed by atoms with van der Waals surface area (Å²) < 4.78 is 0. The van der Waals surface area contributed by atoms with E-state index in [1.165, 1.54) is 0 Å². The van der Waals surface area contributed by atoms with Gasteiger partial charge in [0.25, 0.3) is 0 Å². The lowest BCUT2D eigenvalue weighted by atomic mass is 10.1. The van der Waals surface area contributed by atoms with E-state index in [0.29, 0.717) is 18.0 Å². The maximum atomic E-state index is 10.8. The monoisotopic (exact) mass is 225 g/mol. The zero-order chi connectivity index (χ0) is 10.8. The SMILES string of the molecule is O=C(O)[C@@H]1CCN(c2cccc(Cl)c2)C1. The summed E-state index contributed by atoms with van der Waals surface area (Å²) in [6.07, 6.45) is 0.710. The molecular formula is C11H12ClNO2. The Labute approximate surface area is 93.3 Å². The van der Waals surface area contributed by atoms with Crippen molar-refractivity contribution in [3.63, 3.8) is 0 Å². The van der Waals surface area contributed by atoms with Crippen LogP contribution in [0.2, 0.25) is 5.02 Å². The molecule has 0 saturated carbocycles. The van der Waals surface area contributed by atoms with E-state index in [1.807, 2.05) is 24.3 Å². The van der Waals surface area contributed by atoms with Crippen molar-refractivity contribution in [2.75, 3.05) is 18.0 Å². The van der Waals surface area contributed by atoms with Gasteiger partial charge in [-0.3, -0.25) is 4.79 Å². The Bertz CT molecular complexity index is 381. The number of carboxylic acids is 1. The van der Waals surface area contributed by atoms with Crippen molar-refractivity contribution in [1.29, 1.82) is 0 Å². The fourth-order valence-electron chi connectivity index (χ4n) is 1.87. The molecule has 2 rings (SSSR count). The van der Waals surface area contributed by atoms with Crippen molar-refractivity contribution < 1.29 is 9.90 Å². The number of anilines is 1. The largest absolute Gasteiger partial charge is 0.481 e. The van der Waals surface area contributed by atoms with Crippen LogP contribution in [0.4, 0.5) is 5.69 Å². The van der Waals surface area contributed by atoms with Crippen molar-refractivity contribution in [1.82, 2.24) is 0 Å². The third-order valence-corrected chi connectivity index (χ3v) is 2.95. The van der Waals surface area contributed by atoms with Crippen LogP contribution in [0.25, 0.3) is 0 Å². The van der Waals surface area contributed by atoms with Crippen LogP contribution in [0, 0.1) is 5.92 Å². The highest BCUT2D eigenvalue weighted by atomic mass is 35.5. The second-order valence-electron chi connectivity index (χ2n) is 3.75. The summed E-state index contributed by atoms with van der Waals surface area (Å²) in [7, 11) is 0. The van der Waals surface area contributed by atoms with Gasteiger partial charge in [0, 0.05) is 23.8 Å². The van der Waals surface area contributed by atoms with Gasteiger partial charge in [-0.25, -0.2) is 0 Å². The summed E-state index contributed by atoms with van der Waals surface area (Å²) in [5.41, 5.74) is 1.01. The summed E-state index contributed by atoms with van der Waals surface area (Å²) >= 11 is 5.88. The van der Waals surface area contributed by atoms with Crippen molar-refractivity contribution in [2.45, 2.75) is 6.42 Å². The van der Waals surface area contributed by atoms with E-state index in [0.717, 1.165) is 12.2 Å². The van der Waals surface area contributed by atoms with Gasteiger partial charge in [-0.1, -0.05) is 17.7 Å². The first kappa shape index (κ1) is 10.3. The average molecular weight is 226 g/mol. The second-order valence-corrected chi connectivity index (χ2v) is 4.19. The number of hydrogen-bond acceptors (Lipinski definition) is 2. The van der Waals surface area contributed by atoms with Gasteiger partial charge < -0.3 is 10.0 Å². The van der Waals surface area contributed by atoms with Gasteiger partial charge in [0.1, 0.15) is 0 Å². The van der Waals surface area contributed by atoms with Gasteiger partial charge in [-0.2, -0.15) is 0 Å². The standard InChI is InChI=1S/C11H12ClNO2/c12-9-2-1-3-10(6-9)13-5-4-8(7-13)11(14)15/h1-3,6,8H,4-5,7H2,(H,14,15)/t8-/m1/s1. The van der Waals surface area contributed by atoms with Crippen molar-refractivity contribution in [3.05, 3.63) is 29.3 Å². The molecule has 0 amide bonds. The third kappa shape index (κ3) is 2.23.